The maximum atomic E-state index is 14.2. The van der Waals surface area contributed by atoms with Crippen molar-refractivity contribution in [2.75, 3.05) is 13.2 Å². The van der Waals surface area contributed by atoms with Gasteiger partial charge in [-0.05, 0) is 25.1 Å². The Morgan fingerprint density at radius 3 is 2.13 bits per heavy atom. The maximum Gasteiger partial charge on any atom is 0.239 e. The molecule has 0 saturated carbocycles. The first-order valence-electron chi connectivity index (χ1n) is 15.9. The van der Waals surface area contributed by atoms with Crippen molar-refractivity contribution in [3.05, 3.63) is 40.6 Å². The minimum absolute atomic E-state index is 0.109. The number of phenolic OH excluding ortho intramolecular Hbond substituents is 3. The molecule has 3 aliphatic rings. The van der Waals surface area contributed by atoms with Crippen molar-refractivity contribution in [1.29, 1.82) is 0 Å². The zero-order valence-corrected chi connectivity index (χ0v) is 27.0. The Morgan fingerprint density at radius 1 is 0.731 bits per heavy atom. The highest BCUT2D eigenvalue weighted by molar-refractivity contribution is 5.88. The number of ether oxygens (including phenoxy) is 6. The van der Waals surface area contributed by atoms with Crippen LogP contribution in [0.1, 0.15) is 6.92 Å². The summed E-state index contributed by atoms with van der Waals surface area (Å²) in [5.74, 6) is -3.48. The van der Waals surface area contributed by atoms with E-state index >= 15 is 0 Å². The molecule has 3 saturated heterocycles. The van der Waals surface area contributed by atoms with Crippen LogP contribution in [0, 0.1) is 0 Å². The number of aliphatic hydroxyl groups excluding tert-OH is 9. The topological polar surface area (TPSA) is 328 Å². The van der Waals surface area contributed by atoms with Crippen molar-refractivity contribution >= 4 is 11.0 Å². The summed E-state index contributed by atoms with van der Waals surface area (Å²) in [7, 11) is 0. The van der Waals surface area contributed by atoms with Crippen LogP contribution in [0.4, 0.5) is 0 Å². The fraction of sp³-hybridized carbons (Fsp3) is 0.531. The third-order valence-corrected chi connectivity index (χ3v) is 9.01. The summed E-state index contributed by atoms with van der Waals surface area (Å²) in [6, 6.07) is 5.28. The summed E-state index contributed by atoms with van der Waals surface area (Å²) < 4.78 is 39.5. The van der Waals surface area contributed by atoms with Crippen molar-refractivity contribution in [2.24, 2.45) is 0 Å². The van der Waals surface area contributed by atoms with E-state index in [-0.39, 0.29) is 16.9 Å². The molecule has 0 bridgehead atoms. The van der Waals surface area contributed by atoms with Gasteiger partial charge in [0.05, 0.1) is 19.3 Å². The van der Waals surface area contributed by atoms with Gasteiger partial charge in [-0.2, -0.15) is 0 Å². The lowest BCUT2D eigenvalue weighted by molar-refractivity contribution is -0.345. The number of aromatic hydroxyl groups is 3. The molecule has 286 valence electrons. The molecule has 1 aromatic heterocycles. The highest BCUT2D eigenvalue weighted by Gasteiger charge is 2.50. The Bertz CT molecular complexity index is 1800. The normalized spacial score (nSPS) is 36.8. The smallest absolute Gasteiger partial charge is 0.239 e. The highest BCUT2D eigenvalue weighted by Crippen LogP contribution is 2.40. The maximum absolute atomic E-state index is 14.2. The second-order valence-corrected chi connectivity index (χ2v) is 12.6. The SMILES string of the molecule is CC1OC(Oc2cc(O)c3c(=O)c(OC4OC(CO)C(O)C(O)C4OC4OCC(O)C(O)C4O)c(-c4ccc(O)c(O)c4)oc3c2)C(O)C(O)C1O. The number of aliphatic hydroxyl groups is 9. The Hall–Kier alpha value is -3.87. The summed E-state index contributed by atoms with van der Waals surface area (Å²) in [6.45, 7) is 0.0299. The zero-order valence-electron chi connectivity index (χ0n) is 27.0. The first-order valence-corrected chi connectivity index (χ1v) is 15.9. The highest BCUT2D eigenvalue weighted by atomic mass is 16.8. The van der Waals surface area contributed by atoms with Gasteiger partial charge in [0.25, 0.3) is 0 Å². The van der Waals surface area contributed by atoms with Crippen LogP contribution >= 0.6 is 0 Å². The molecule has 20 heteroatoms. The molecule has 3 fully saturated rings. The number of benzene rings is 2. The fourth-order valence-corrected chi connectivity index (χ4v) is 6.00. The van der Waals surface area contributed by atoms with Gasteiger partial charge in [0.15, 0.2) is 29.7 Å². The molecule has 0 aliphatic carbocycles. The zero-order chi connectivity index (χ0) is 37.8. The second-order valence-electron chi connectivity index (χ2n) is 12.6. The largest absolute Gasteiger partial charge is 0.507 e. The van der Waals surface area contributed by atoms with Crippen LogP contribution in [0.15, 0.2) is 39.5 Å². The van der Waals surface area contributed by atoms with E-state index in [4.69, 9.17) is 32.8 Å². The van der Waals surface area contributed by atoms with Crippen LogP contribution in [0.2, 0.25) is 0 Å². The van der Waals surface area contributed by atoms with Gasteiger partial charge >= 0.3 is 0 Å². The number of rotatable bonds is 8. The van der Waals surface area contributed by atoms with E-state index < -0.39 is 139 Å². The minimum atomic E-state index is -1.96. The van der Waals surface area contributed by atoms with E-state index in [2.05, 4.69) is 0 Å². The lowest BCUT2D eigenvalue weighted by Crippen LogP contribution is -2.64. The molecule has 3 aliphatic heterocycles. The number of phenols is 3. The molecule has 2 aromatic carbocycles. The number of fused-ring (bicyclic) bond motifs is 1. The fourth-order valence-electron chi connectivity index (χ4n) is 6.00. The van der Waals surface area contributed by atoms with Crippen LogP contribution in [0.5, 0.6) is 28.7 Å². The summed E-state index contributed by atoms with van der Waals surface area (Å²) in [5.41, 5.74) is -1.59. The van der Waals surface area contributed by atoms with Gasteiger partial charge < -0.3 is 94.1 Å². The molecule has 4 heterocycles. The Morgan fingerprint density at radius 2 is 1.44 bits per heavy atom. The minimum Gasteiger partial charge on any atom is -0.507 e. The summed E-state index contributed by atoms with van der Waals surface area (Å²) in [6.07, 6.45) is -23.3. The molecule has 6 rings (SSSR count). The predicted molar refractivity (Wildman–Crippen MR) is 167 cm³/mol. The standard InChI is InChI=1S/C32H38O20/c1-9-19(38)23(42)26(45)31(47-9)48-11-5-14(36)18-16(6-11)49-27(10-2-3-12(34)13(35)4-10)28(22(18)41)51-32-29(24(43)21(40)17(7-33)50-32)52-30-25(44)20(39)15(37)8-46-30/h2-6,9,15,17,19-21,23-26,29-40,42-45H,7-8H2,1H3. The summed E-state index contributed by atoms with van der Waals surface area (Å²) in [4.78, 5) is 14.2. The lowest BCUT2D eigenvalue weighted by Gasteiger charge is -2.44. The molecular formula is C32H38O20. The van der Waals surface area contributed by atoms with Crippen LogP contribution in [0.3, 0.4) is 0 Å². The van der Waals surface area contributed by atoms with Gasteiger partial charge in [-0.25, -0.2) is 0 Å². The van der Waals surface area contributed by atoms with E-state index in [9.17, 15) is 66.1 Å². The quantitative estimate of drug-likeness (QED) is 0.0993. The van der Waals surface area contributed by atoms with Crippen LogP contribution < -0.4 is 14.9 Å². The Kier molecular flexibility index (Phi) is 10.8. The van der Waals surface area contributed by atoms with Crippen LogP contribution in [-0.4, -0.2) is 161 Å². The third kappa shape index (κ3) is 6.97. The van der Waals surface area contributed by atoms with Gasteiger partial charge in [0.2, 0.25) is 23.8 Å². The average molecular weight is 743 g/mol. The van der Waals surface area contributed by atoms with E-state index in [1.807, 2.05) is 0 Å². The van der Waals surface area contributed by atoms with Crippen molar-refractivity contribution in [2.45, 2.75) is 92.9 Å². The molecule has 0 spiro atoms. The van der Waals surface area contributed by atoms with Gasteiger partial charge in [0.1, 0.15) is 77.4 Å². The van der Waals surface area contributed by atoms with E-state index in [1.165, 1.54) is 13.0 Å². The van der Waals surface area contributed by atoms with Crippen LogP contribution in [-0.2, 0) is 18.9 Å². The average Bonchev–Trinajstić information content (AvgIpc) is 3.11. The Labute approximate surface area is 292 Å². The summed E-state index contributed by atoms with van der Waals surface area (Å²) >= 11 is 0. The lowest BCUT2D eigenvalue weighted by atomic mass is 9.98. The molecule has 0 radical (unpaired) electrons. The molecule has 3 aromatic rings. The van der Waals surface area contributed by atoms with E-state index in [0.29, 0.717) is 0 Å². The predicted octanol–water partition coefficient (Wildman–Crippen LogP) is -3.57. The molecule has 14 unspecified atom stereocenters. The van der Waals surface area contributed by atoms with Crippen molar-refractivity contribution in [3.8, 4) is 40.1 Å². The van der Waals surface area contributed by atoms with Gasteiger partial charge in [-0.3, -0.25) is 4.79 Å². The molecule has 14 atom stereocenters. The number of hydrogen-bond donors (Lipinski definition) is 12. The van der Waals surface area contributed by atoms with Crippen LogP contribution in [0.25, 0.3) is 22.3 Å². The summed E-state index contributed by atoms with van der Waals surface area (Å²) in [5, 5.41) is 123. The van der Waals surface area contributed by atoms with E-state index in [1.54, 1.807) is 0 Å². The molecule has 12 N–H and O–H groups in total. The second kappa shape index (κ2) is 14.9. The van der Waals surface area contributed by atoms with Crippen molar-refractivity contribution in [3.63, 3.8) is 0 Å². The molecule has 0 amide bonds. The molecule has 52 heavy (non-hydrogen) atoms. The van der Waals surface area contributed by atoms with Gasteiger partial charge in [-0.1, -0.05) is 0 Å². The monoisotopic (exact) mass is 742 g/mol. The van der Waals surface area contributed by atoms with Gasteiger partial charge in [-0.15, -0.1) is 0 Å². The van der Waals surface area contributed by atoms with E-state index in [0.717, 1.165) is 24.3 Å². The van der Waals surface area contributed by atoms with Gasteiger partial charge in [0, 0.05) is 17.7 Å². The first kappa shape index (κ1) is 37.9. The van der Waals surface area contributed by atoms with Crippen molar-refractivity contribution in [1.82, 2.24) is 0 Å². The first-order chi connectivity index (χ1) is 24.6. The Balaban J connectivity index is 1.43. The number of hydrogen-bond acceptors (Lipinski definition) is 20. The molecular weight excluding hydrogens is 704 g/mol. The van der Waals surface area contributed by atoms with Crippen molar-refractivity contribution < 1.29 is 94.1 Å². The third-order valence-electron chi connectivity index (χ3n) is 9.01. The molecule has 20 nitrogen and oxygen atoms in total.